The maximum Gasteiger partial charge on any atom is 0.229 e. The Morgan fingerprint density at radius 3 is 2.03 bits per heavy atom. The number of nitrogens with zero attached hydrogens (tertiary/aromatic N) is 5. The monoisotopic (exact) mass is 456 g/mol. The lowest BCUT2D eigenvalue weighted by Gasteiger charge is -2.35. The van der Waals surface area contributed by atoms with E-state index in [9.17, 15) is 0 Å². The molecular formula is C26H28N6O2. The van der Waals surface area contributed by atoms with Gasteiger partial charge in [-0.15, -0.1) is 0 Å². The van der Waals surface area contributed by atoms with Crippen molar-refractivity contribution in [1.82, 2.24) is 9.97 Å². The van der Waals surface area contributed by atoms with E-state index in [1.54, 1.807) is 0 Å². The number of anilines is 3. The minimum Gasteiger partial charge on any atom is -0.378 e. The summed E-state index contributed by atoms with van der Waals surface area (Å²) in [7, 11) is 0. The molecule has 174 valence electrons. The van der Waals surface area contributed by atoms with E-state index in [1.807, 2.05) is 24.3 Å². The van der Waals surface area contributed by atoms with Gasteiger partial charge in [-0.05, 0) is 5.56 Å². The fraction of sp³-hybridized carbons (Fsp3) is 0.346. The zero-order chi connectivity index (χ0) is 22.7. The van der Waals surface area contributed by atoms with Crippen LogP contribution < -0.4 is 15.1 Å². The number of fused-ring (bicyclic) bond motifs is 1. The van der Waals surface area contributed by atoms with E-state index in [0.29, 0.717) is 26.4 Å². The summed E-state index contributed by atoms with van der Waals surface area (Å²) in [5.74, 6) is 3.31. The number of benzene rings is 2. The third kappa shape index (κ3) is 4.10. The van der Waals surface area contributed by atoms with Crippen LogP contribution in [0, 0.1) is 0 Å². The van der Waals surface area contributed by atoms with Crippen LogP contribution >= 0.6 is 0 Å². The second-order valence-electron chi connectivity index (χ2n) is 8.59. The van der Waals surface area contributed by atoms with Gasteiger partial charge in [0.25, 0.3) is 0 Å². The van der Waals surface area contributed by atoms with Gasteiger partial charge in [-0.3, -0.25) is 4.99 Å². The van der Waals surface area contributed by atoms with Crippen LogP contribution in [-0.2, 0) is 9.47 Å². The molecule has 2 fully saturated rings. The largest absolute Gasteiger partial charge is 0.378 e. The van der Waals surface area contributed by atoms with E-state index >= 15 is 0 Å². The number of hydrogen-bond acceptors (Lipinski definition) is 8. The van der Waals surface area contributed by atoms with Gasteiger partial charge in [0.1, 0.15) is 23.5 Å². The molecule has 2 aromatic carbocycles. The number of aromatic nitrogens is 2. The second-order valence-corrected chi connectivity index (χ2v) is 8.59. The van der Waals surface area contributed by atoms with Crippen LogP contribution in [0.5, 0.6) is 0 Å². The molecule has 4 heterocycles. The Bertz CT molecular complexity index is 1160. The zero-order valence-electron chi connectivity index (χ0n) is 19.1. The van der Waals surface area contributed by atoms with Crippen LogP contribution in [0.4, 0.5) is 17.6 Å². The number of amidine groups is 1. The summed E-state index contributed by atoms with van der Waals surface area (Å²) in [6.45, 7) is 5.90. The molecule has 6 rings (SSSR count). The molecule has 34 heavy (non-hydrogen) atoms. The smallest absolute Gasteiger partial charge is 0.229 e. The van der Waals surface area contributed by atoms with E-state index in [1.165, 1.54) is 0 Å². The standard InChI is InChI=1S/C26H28N6O2/c1-3-7-19(8-4-1)22-21-24(28-23(27-22)20-9-5-2-6-10-20)29-26(32-13-17-34-18-14-32)30-25(21)31-11-15-33-16-12-31/h1-10,22H,11-18H2,(H,27,28,29,30). The lowest BCUT2D eigenvalue weighted by Crippen LogP contribution is -2.41. The van der Waals surface area contributed by atoms with Crippen molar-refractivity contribution >= 4 is 23.4 Å². The molecule has 3 aromatic rings. The molecule has 0 spiro atoms. The normalized spacial score (nSPS) is 20.4. The number of nitrogens with one attached hydrogen (secondary N) is 1. The molecule has 1 atom stereocenters. The van der Waals surface area contributed by atoms with Gasteiger partial charge in [-0.2, -0.15) is 9.97 Å². The highest BCUT2D eigenvalue weighted by Crippen LogP contribution is 2.41. The van der Waals surface area contributed by atoms with Gasteiger partial charge >= 0.3 is 0 Å². The Morgan fingerprint density at radius 1 is 0.735 bits per heavy atom. The van der Waals surface area contributed by atoms with Gasteiger partial charge in [-0.1, -0.05) is 60.7 Å². The third-order valence-corrected chi connectivity index (χ3v) is 6.45. The predicted molar refractivity (Wildman–Crippen MR) is 133 cm³/mol. The van der Waals surface area contributed by atoms with Gasteiger partial charge < -0.3 is 24.6 Å². The van der Waals surface area contributed by atoms with Crippen LogP contribution in [0.3, 0.4) is 0 Å². The van der Waals surface area contributed by atoms with Crippen molar-refractivity contribution in [2.45, 2.75) is 6.04 Å². The summed E-state index contributed by atoms with van der Waals surface area (Å²) in [6, 6.07) is 20.4. The molecule has 0 radical (unpaired) electrons. The average Bonchev–Trinajstić information content (AvgIpc) is 2.93. The SMILES string of the molecule is c1ccc(C2=NC(c3ccccc3)c3c(nc(N4CCOCC4)nc3N3CCOCC3)N2)cc1. The molecular weight excluding hydrogens is 428 g/mol. The molecule has 2 saturated heterocycles. The van der Waals surface area contributed by atoms with Crippen molar-refractivity contribution in [3.05, 3.63) is 77.4 Å². The molecule has 0 amide bonds. The van der Waals surface area contributed by atoms with Crippen LogP contribution in [0.1, 0.15) is 22.7 Å². The molecule has 8 heteroatoms. The summed E-state index contributed by atoms with van der Waals surface area (Å²) < 4.78 is 11.2. The molecule has 3 aliphatic heterocycles. The van der Waals surface area contributed by atoms with Crippen molar-refractivity contribution in [2.75, 3.05) is 67.7 Å². The number of ether oxygens (including phenoxy) is 2. The number of hydrogen-bond donors (Lipinski definition) is 1. The Labute approximate surface area is 199 Å². The van der Waals surface area contributed by atoms with Crippen LogP contribution in [-0.4, -0.2) is 68.4 Å². The van der Waals surface area contributed by atoms with E-state index in [-0.39, 0.29) is 6.04 Å². The highest BCUT2D eigenvalue weighted by Gasteiger charge is 2.33. The summed E-state index contributed by atoms with van der Waals surface area (Å²) in [5, 5.41) is 3.56. The molecule has 0 aliphatic carbocycles. The molecule has 0 saturated carbocycles. The quantitative estimate of drug-likeness (QED) is 0.647. The zero-order valence-corrected chi connectivity index (χ0v) is 19.1. The van der Waals surface area contributed by atoms with Gasteiger partial charge in [0.15, 0.2) is 0 Å². The van der Waals surface area contributed by atoms with Crippen molar-refractivity contribution in [3.63, 3.8) is 0 Å². The Hall–Kier alpha value is -3.49. The second kappa shape index (κ2) is 9.40. The maximum absolute atomic E-state index is 5.64. The van der Waals surface area contributed by atoms with Gasteiger partial charge in [0, 0.05) is 31.7 Å². The lowest BCUT2D eigenvalue weighted by molar-refractivity contribution is 0.121. The minimum atomic E-state index is -0.204. The van der Waals surface area contributed by atoms with Crippen molar-refractivity contribution in [2.24, 2.45) is 4.99 Å². The fourth-order valence-electron chi connectivity index (χ4n) is 4.67. The van der Waals surface area contributed by atoms with E-state index in [4.69, 9.17) is 24.4 Å². The number of aliphatic imine (C=N–C) groups is 1. The topological polar surface area (TPSA) is 75.1 Å². The van der Waals surface area contributed by atoms with Crippen molar-refractivity contribution in [3.8, 4) is 0 Å². The fourth-order valence-corrected chi connectivity index (χ4v) is 4.67. The maximum atomic E-state index is 5.64. The molecule has 1 aromatic heterocycles. The highest BCUT2D eigenvalue weighted by atomic mass is 16.5. The molecule has 1 N–H and O–H groups in total. The summed E-state index contributed by atoms with van der Waals surface area (Å²) >= 11 is 0. The van der Waals surface area contributed by atoms with Crippen LogP contribution in [0.15, 0.2) is 65.7 Å². The summed E-state index contributed by atoms with van der Waals surface area (Å²) in [4.78, 5) is 19.9. The first-order valence-electron chi connectivity index (χ1n) is 11.9. The van der Waals surface area contributed by atoms with Crippen LogP contribution in [0.25, 0.3) is 0 Å². The molecule has 0 bridgehead atoms. The first-order valence-corrected chi connectivity index (χ1v) is 11.9. The number of morpholine rings is 2. The third-order valence-electron chi connectivity index (χ3n) is 6.45. The van der Waals surface area contributed by atoms with E-state index in [2.05, 4.69) is 51.5 Å². The first kappa shape index (κ1) is 21.1. The van der Waals surface area contributed by atoms with Gasteiger partial charge in [-0.25, -0.2) is 0 Å². The van der Waals surface area contributed by atoms with Gasteiger partial charge in [0.05, 0.1) is 32.0 Å². The van der Waals surface area contributed by atoms with Crippen molar-refractivity contribution < 1.29 is 9.47 Å². The highest BCUT2D eigenvalue weighted by molar-refractivity contribution is 6.10. The van der Waals surface area contributed by atoms with Gasteiger partial charge in [0.2, 0.25) is 5.95 Å². The van der Waals surface area contributed by atoms with E-state index in [0.717, 1.165) is 66.3 Å². The first-order chi connectivity index (χ1) is 16.9. The molecule has 8 nitrogen and oxygen atoms in total. The van der Waals surface area contributed by atoms with Crippen molar-refractivity contribution in [1.29, 1.82) is 0 Å². The molecule has 1 unspecified atom stereocenters. The Morgan fingerprint density at radius 2 is 1.35 bits per heavy atom. The predicted octanol–water partition coefficient (Wildman–Crippen LogP) is 3.11. The Kier molecular flexibility index (Phi) is 5.83. The minimum absolute atomic E-state index is 0.204. The average molecular weight is 457 g/mol. The van der Waals surface area contributed by atoms with Crippen LogP contribution in [0.2, 0.25) is 0 Å². The summed E-state index contributed by atoms with van der Waals surface area (Å²) in [6.07, 6.45) is 0. The summed E-state index contributed by atoms with van der Waals surface area (Å²) in [5.41, 5.74) is 3.18. The number of rotatable bonds is 4. The lowest BCUT2D eigenvalue weighted by atomic mass is 9.97. The molecule has 3 aliphatic rings. The Balaban J connectivity index is 1.52. The van der Waals surface area contributed by atoms with E-state index < -0.39 is 0 Å².